The van der Waals surface area contributed by atoms with Gasteiger partial charge in [-0.2, -0.15) is 5.10 Å². The first-order chi connectivity index (χ1) is 10.1. The Labute approximate surface area is 124 Å². The molecule has 5 nitrogen and oxygen atoms in total. The Morgan fingerprint density at radius 3 is 2.48 bits per heavy atom. The number of hydrogen-bond donors (Lipinski definition) is 1. The Hall–Kier alpha value is -1.65. The standard InChI is InChI=1S/C16H21N3O2/c1-8(2)12-5-13(18-17-12)16(21)19-6-10-11(7-19)14(10)15(20)9-3-4-9/h5,8-11,14H,3-4,6-7H2,1-2H3,(H,17,18)/t10-,11+,14?. The van der Waals surface area contributed by atoms with Gasteiger partial charge < -0.3 is 4.90 Å². The lowest BCUT2D eigenvalue weighted by Crippen LogP contribution is -2.33. The van der Waals surface area contributed by atoms with E-state index in [1.807, 2.05) is 11.0 Å². The Morgan fingerprint density at radius 1 is 1.29 bits per heavy atom. The number of aromatic amines is 1. The Bertz CT molecular complexity index is 590. The highest BCUT2D eigenvalue weighted by Gasteiger charge is 2.61. The molecule has 112 valence electrons. The molecule has 1 saturated heterocycles. The van der Waals surface area contributed by atoms with Gasteiger partial charge in [-0.25, -0.2) is 0 Å². The molecule has 1 N–H and O–H groups in total. The van der Waals surface area contributed by atoms with Crippen molar-refractivity contribution >= 4 is 11.7 Å². The van der Waals surface area contributed by atoms with Crippen molar-refractivity contribution in [1.29, 1.82) is 0 Å². The molecule has 2 aliphatic carbocycles. The first-order valence-corrected chi connectivity index (χ1v) is 7.94. The van der Waals surface area contributed by atoms with E-state index in [-0.39, 0.29) is 11.8 Å². The second-order valence-electron chi connectivity index (χ2n) is 7.10. The third-order valence-electron chi connectivity index (χ3n) is 5.23. The number of likely N-dealkylation sites (tertiary alicyclic amines) is 1. The van der Waals surface area contributed by atoms with Crippen LogP contribution in [-0.2, 0) is 4.79 Å². The smallest absolute Gasteiger partial charge is 0.274 e. The van der Waals surface area contributed by atoms with Crippen LogP contribution in [0.2, 0.25) is 0 Å². The van der Waals surface area contributed by atoms with Crippen molar-refractivity contribution in [1.82, 2.24) is 15.1 Å². The highest BCUT2D eigenvalue weighted by Crippen LogP contribution is 2.55. The summed E-state index contributed by atoms with van der Waals surface area (Å²) < 4.78 is 0. The molecule has 0 bridgehead atoms. The molecule has 2 saturated carbocycles. The number of nitrogens with one attached hydrogen (secondary N) is 1. The molecule has 3 atom stereocenters. The Kier molecular flexibility index (Phi) is 2.75. The summed E-state index contributed by atoms with van der Waals surface area (Å²) in [5.74, 6) is 2.27. The minimum Gasteiger partial charge on any atom is -0.337 e. The largest absolute Gasteiger partial charge is 0.337 e. The highest BCUT2D eigenvalue weighted by molar-refractivity contribution is 5.94. The third-order valence-corrected chi connectivity index (χ3v) is 5.23. The number of ketones is 1. The van der Waals surface area contributed by atoms with E-state index in [1.165, 1.54) is 0 Å². The predicted octanol–water partition coefficient (Wildman–Crippen LogP) is 1.83. The van der Waals surface area contributed by atoms with Crippen LogP contribution >= 0.6 is 0 Å². The number of amides is 1. The number of carbonyl (C=O) groups excluding carboxylic acids is 2. The van der Waals surface area contributed by atoms with Crippen LogP contribution in [0.15, 0.2) is 6.07 Å². The molecule has 3 fully saturated rings. The zero-order chi connectivity index (χ0) is 14.7. The number of H-pyrrole nitrogens is 1. The normalized spacial score (nSPS) is 30.6. The summed E-state index contributed by atoms with van der Waals surface area (Å²) in [6.45, 7) is 5.61. The van der Waals surface area contributed by atoms with E-state index in [0.717, 1.165) is 31.6 Å². The lowest BCUT2D eigenvalue weighted by Gasteiger charge is -2.18. The molecule has 1 aliphatic heterocycles. The van der Waals surface area contributed by atoms with Crippen molar-refractivity contribution in [2.45, 2.75) is 32.6 Å². The van der Waals surface area contributed by atoms with Gasteiger partial charge in [0.1, 0.15) is 11.5 Å². The molecule has 3 aliphatic rings. The fraction of sp³-hybridized carbons (Fsp3) is 0.688. The highest BCUT2D eigenvalue weighted by atomic mass is 16.2. The lowest BCUT2D eigenvalue weighted by atomic mass is 10.1. The van der Waals surface area contributed by atoms with Gasteiger partial charge in [0.2, 0.25) is 0 Å². The lowest BCUT2D eigenvalue weighted by molar-refractivity contribution is -0.122. The van der Waals surface area contributed by atoms with Crippen molar-refractivity contribution in [3.8, 4) is 0 Å². The van der Waals surface area contributed by atoms with Crippen LogP contribution in [-0.4, -0.2) is 39.9 Å². The minimum absolute atomic E-state index is 0.00275. The molecule has 2 heterocycles. The summed E-state index contributed by atoms with van der Waals surface area (Å²) in [6, 6.07) is 1.85. The minimum atomic E-state index is 0.00275. The molecule has 21 heavy (non-hydrogen) atoms. The van der Waals surface area contributed by atoms with Crippen LogP contribution < -0.4 is 0 Å². The zero-order valence-electron chi connectivity index (χ0n) is 12.5. The maximum absolute atomic E-state index is 12.4. The first kappa shape index (κ1) is 13.0. The molecule has 1 aromatic rings. The maximum Gasteiger partial charge on any atom is 0.274 e. The van der Waals surface area contributed by atoms with E-state index < -0.39 is 0 Å². The van der Waals surface area contributed by atoms with Crippen LogP contribution in [0, 0.1) is 23.7 Å². The molecule has 1 aromatic heterocycles. The van der Waals surface area contributed by atoms with Gasteiger partial charge in [-0.1, -0.05) is 13.8 Å². The maximum atomic E-state index is 12.4. The Morgan fingerprint density at radius 2 is 1.95 bits per heavy atom. The fourth-order valence-corrected chi connectivity index (χ4v) is 3.66. The number of Topliss-reactive ketones (excluding diaryl/α,β-unsaturated/α-hetero) is 1. The molecular weight excluding hydrogens is 266 g/mol. The molecular formula is C16H21N3O2. The predicted molar refractivity (Wildman–Crippen MR) is 76.8 cm³/mol. The van der Waals surface area contributed by atoms with Crippen LogP contribution in [0.3, 0.4) is 0 Å². The quantitative estimate of drug-likeness (QED) is 0.918. The van der Waals surface area contributed by atoms with Crippen molar-refractivity contribution in [3.63, 3.8) is 0 Å². The Balaban J connectivity index is 1.38. The van der Waals surface area contributed by atoms with Crippen molar-refractivity contribution in [2.75, 3.05) is 13.1 Å². The van der Waals surface area contributed by atoms with Gasteiger partial charge in [-0.05, 0) is 36.7 Å². The number of carbonyl (C=O) groups is 2. The molecule has 0 spiro atoms. The summed E-state index contributed by atoms with van der Waals surface area (Å²) in [5, 5.41) is 7.06. The zero-order valence-corrected chi connectivity index (χ0v) is 12.5. The number of aromatic nitrogens is 2. The van der Waals surface area contributed by atoms with Crippen LogP contribution in [0.25, 0.3) is 0 Å². The number of piperidine rings is 1. The summed E-state index contributed by atoms with van der Waals surface area (Å²) in [4.78, 5) is 26.4. The van der Waals surface area contributed by atoms with Gasteiger partial charge in [-0.3, -0.25) is 14.7 Å². The first-order valence-electron chi connectivity index (χ1n) is 7.94. The number of fused-ring (bicyclic) bond motifs is 1. The molecule has 1 amide bonds. The third kappa shape index (κ3) is 2.10. The van der Waals surface area contributed by atoms with Crippen molar-refractivity contribution in [3.05, 3.63) is 17.5 Å². The average molecular weight is 287 g/mol. The van der Waals surface area contributed by atoms with Crippen molar-refractivity contribution in [2.24, 2.45) is 23.7 Å². The van der Waals surface area contributed by atoms with Gasteiger partial charge in [0.05, 0.1) is 0 Å². The van der Waals surface area contributed by atoms with Gasteiger partial charge in [0.15, 0.2) is 0 Å². The van der Waals surface area contributed by atoms with E-state index in [9.17, 15) is 9.59 Å². The monoisotopic (exact) mass is 287 g/mol. The summed E-state index contributed by atoms with van der Waals surface area (Å²) >= 11 is 0. The molecule has 0 radical (unpaired) electrons. The van der Waals surface area contributed by atoms with E-state index in [1.54, 1.807) is 0 Å². The van der Waals surface area contributed by atoms with Crippen LogP contribution in [0.4, 0.5) is 0 Å². The summed E-state index contributed by atoms with van der Waals surface area (Å²) in [6.07, 6.45) is 2.17. The van der Waals surface area contributed by atoms with E-state index in [4.69, 9.17) is 0 Å². The summed E-state index contributed by atoms with van der Waals surface area (Å²) in [5.41, 5.74) is 1.49. The molecule has 1 unspecified atom stereocenters. The molecule has 4 rings (SSSR count). The van der Waals surface area contributed by atoms with E-state index >= 15 is 0 Å². The van der Waals surface area contributed by atoms with Gasteiger partial charge in [0.25, 0.3) is 5.91 Å². The SMILES string of the molecule is CC(C)c1cc(C(=O)N2C[C@@H]3C(C(=O)C4CC4)[C@@H]3C2)n[nH]1. The van der Waals surface area contributed by atoms with E-state index in [0.29, 0.717) is 35.1 Å². The van der Waals surface area contributed by atoms with Crippen LogP contribution in [0.1, 0.15) is 48.8 Å². The van der Waals surface area contributed by atoms with Gasteiger partial charge in [-0.15, -0.1) is 0 Å². The second-order valence-corrected chi connectivity index (χ2v) is 7.10. The van der Waals surface area contributed by atoms with Crippen LogP contribution in [0.5, 0.6) is 0 Å². The fourth-order valence-electron chi connectivity index (χ4n) is 3.66. The molecule has 0 aromatic carbocycles. The summed E-state index contributed by atoms with van der Waals surface area (Å²) in [7, 11) is 0. The number of hydrogen-bond acceptors (Lipinski definition) is 3. The number of rotatable bonds is 4. The second kappa shape index (κ2) is 4.42. The van der Waals surface area contributed by atoms with Gasteiger partial charge in [0, 0.05) is 30.6 Å². The number of nitrogens with zero attached hydrogens (tertiary/aromatic N) is 2. The average Bonchev–Trinajstić information content (AvgIpc) is 3.32. The molecule has 5 heteroatoms. The van der Waals surface area contributed by atoms with Crippen molar-refractivity contribution < 1.29 is 9.59 Å². The van der Waals surface area contributed by atoms with Gasteiger partial charge >= 0.3 is 0 Å². The van der Waals surface area contributed by atoms with E-state index in [2.05, 4.69) is 24.0 Å². The topological polar surface area (TPSA) is 66.1 Å².